The number of carbonyl (C=O) groups excluding carboxylic acids is 1. The van der Waals surface area contributed by atoms with Crippen molar-refractivity contribution in [1.82, 2.24) is 20.0 Å². The molecule has 0 bridgehead atoms. The summed E-state index contributed by atoms with van der Waals surface area (Å²) in [5.74, 6) is 0.166. The van der Waals surface area contributed by atoms with Gasteiger partial charge in [0, 0.05) is 43.3 Å². The van der Waals surface area contributed by atoms with E-state index in [9.17, 15) is 4.79 Å². The first-order valence-electron chi connectivity index (χ1n) is 8.12. The number of amides is 1. The molecule has 2 rings (SSSR count). The van der Waals surface area contributed by atoms with E-state index in [0.717, 1.165) is 41.6 Å². The number of nitrogens with zero attached hydrogens (tertiary/aromatic N) is 3. The van der Waals surface area contributed by atoms with Crippen LogP contribution in [-0.4, -0.2) is 41.2 Å². The molecule has 0 unspecified atom stereocenters. The second-order valence-corrected chi connectivity index (χ2v) is 6.54. The van der Waals surface area contributed by atoms with Gasteiger partial charge < -0.3 is 10.2 Å². The van der Waals surface area contributed by atoms with Gasteiger partial charge in [0.05, 0.1) is 11.4 Å². The van der Waals surface area contributed by atoms with Crippen molar-refractivity contribution in [2.75, 3.05) is 20.6 Å². The summed E-state index contributed by atoms with van der Waals surface area (Å²) in [6.07, 6.45) is 1.41. The maximum absolute atomic E-state index is 11.5. The van der Waals surface area contributed by atoms with Crippen LogP contribution in [0.25, 0.3) is 5.69 Å². The third-order valence-electron chi connectivity index (χ3n) is 4.06. The standard InChI is InChI=1S/C18H25ClN4O/c1-13-17(12-20-11-5-6-18(24)22(3)4)14(2)23(21-13)16-9-7-15(19)8-10-16/h7-10,20H,5-6,11-12H2,1-4H3. The highest BCUT2D eigenvalue weighted by atomic mass is 35.5. The van der Waals surface area contributed by atoms with Crippen molar-refractivity contribution in [1.29, 1.82) is 0 Å². The minimum Gasteiger partial charge on any atom is -0.349 e. The molecule has 1 heterocycles. The number of hydrogen-bond acceptors (Lipinski definition) is 3. The van der Waals surface area contributed by atoms with Crippen molar-refractivity contribution in [2.45, 2.75) is 33.2 Å². The van der Waals surface area contributed by atoms with Crippen LogP contribution in [0.3, 0.4) is 0 Å². The summed E-state index contributed by atoms with van der Waals surface area (Å²) in [6.45, 7) is 5.65. The highest BCUT2D eigenvalue weighted by Crippen LogP contribution is 2.19. The summed E-state index contributed by atoms with van der Waals surface area (Å²) in [6, 6.07) is 7.66. The van der Waals surface area contributed by atoms with Gasteiger partial charge in [-0.3, -0.25) is 4.79 Å². The summed E-state index contributed by atoms with van der Waals surface area (Å²) in [4.78, 5) is 13.2. The van der Waals surface area contributed by atoms with E-state index in [-0.39, 0.29) is 5.91 Å². The zero-order valence-corrected chi connectivity index (χ0v) is 15.5. The average molecular weight is 349 g/mol. The van der Waals surface area contributed by atoms with Crippen molar-refractivity contribution in [3.63, 3.8) is 0 Å². The Labute approximate surface area is 148 Å². The Morgan fingerprint density at radius 1 is 1.25 bits per heavy atom. The molecule has 1 N–H and O–H groups in total. The zero-order chi connectivity index (χ0) is 17.7. The fraction of sp³-hybridized carbons (Fsp3) is 0.444. The molecule has 2 aromatic rings. The molecule has 6 heteroatoms. The summed E-state index contributed by atoms with van der Waals surface area (Å²) in [5.41, 5.74) is 4.33. The highest BCUT2D eigenvalue weighted by Gasteiger charge is 2.12. The fourth-order valence-corrected chi connectivity index (χ4v) is 2.69. The minimum atomic E-state index is 0.166. The van der Waals surface area contributed by atoms with Crippen LogP contribution < -0.4 is 5.32 Å². The molecule has 0 fully saturated rings. The lowest BCUT2D eigenvalue weighted by Crippen LogP contribution is -2.23. The number of hydrogen-bond donors (Lipinski definition) is 1. The van der Waals surface area contributed by atoms with Crippen LogP contribution in [0.15, 0.2) is 24.3 Å². The predicted molar refractivity (Wildman–Crippen MR) is 97.7 cm³/mol. The van der Waals surface area contributed by atoms with Crippen molar-refractivity contribution in [2.24, 2.45) is 0 Å². The first-order chi connectivity index (χ1) is 11.4. The Kier molecular flexibility index (Phi) is 6.40. The number of benzene rings is 1. The Balaban J connectivity index is 1.94. The van der Waals surface area contributed by atoms with Crippen molar-refractivity contribution in [3.05, 3.63) is 46.2 Å². The number of rotatable bonds is 7. The van der Waals surface area contributed by atoms with Gasteiger partial charge in [-0.2, -0.15) is 5.10 Å². The molecule has 0 atom stereocenters. The van der Waals surface area contributed by atoms with E-state index in [1.807, 2.05) is 35.9 Å². The van der Waals surface area contributed by atoms with Gasteiger partial charge in [-0.25, -0.2) is 4.68 Å². The summed E-state index contributed by atoms with van der Waals surface area (Å²) < 4.78 is 1.94. The highest BCUT2D eigenvalue weighted by molar-refractivity contribution is 6.30. The SMILES string of the molecule is Cc1nn(-c2ccc(Cl)cc2)c(C)c1CNCCCC(=O)N(C)C. The van der Waals surface area contributed by atoms with Gasteiger partial charge in [-0.15, -0.1) is 0 Å². The quantitative estimate of drug-likeness (QED) is 0.782. The third kappa shape index (κ3) is 4.58. The second-order valence-electron chi connectivity index (χ2n) is 6.11. The maximum Gasteiger partial charge on any atom is 0.222 e. The zero-order valence-electron chi connectivity index (χ0n) is 14.8. The molecular weight excluding hydrogens is 324 g/mol. The van der Waals surface area contributed by atoms with Crippen LogP contribution in [0.5, 0.6) is 0 Å². The van der Waals surface area contributed by atoms with E-state index in [1.165, 1.54) is 5.56 Å². The molecule has 5 nitrogen and oxygen atoms in total. The molecule has 0 aliphatic carbocycles. The first kappa shape index (κ1) is 18.5. The number of aromatic nitrogens is 2. The van der Waals surface area contributed by atoms with E-state index in [4.69, 9.17) is 11.6 Å². The molecule has 24 heavy (non-hydrogen) atoms. The fourth-order valence-electron chi connectivity index (χ4n) is 2.57. The Morgan fingerprint density at radius 2 is 1.92 bits per heavy atom. The summed E-state index contributed by atoms with van der Waals surface area (Å²) in [7, 11) is 3.57. The lowest BCUT2D eigenvalue weighted by Gasteiger charge is -2.10. The van der Waals surface area contributed by atoms with Gasteiger partial charge in [-0.1, -0.05) is 11.6 Å². The maximum atomic E-state index is 11.5. The molecule has 1 amide bonds. The lowest BCUT2D eigenvalue weighted by atomic mass is 10.2. The molecule has 1 aromatic carbocycles. The Hall–Kier alpha value is -1.85. The largest absolute Gasteiger partial charge is 0.349 e. The summed E-state index contributed by atoms with van der Waals surface area (Å²) >= 11 is 5.95. The van der Waals surface area contributed by atoms with E-state index >= 15 is 0 Å². The monoisotopic (exact) mass is 348 g/mol. The third-order valence-corrected chi connectivity index (χ3v) is 4.31. The number of carbonyl (C=O) groups is 1. The molecule has 0 saturated heterocycles. The van der Waals surface area contributed by atoms with Crippen LogP contribution in [0.2, 0.25) is 5.02 Å². The van der Waals surface area contributed by atoms with Crippen LogP contribution >= 0.6 is 11.6 Å². The lowest BCUT2D eigenvalue weighted by molar-refractivity contribution is -0.128. The van der Waals surface area contributed by atoms with Crippen molar-refractivity contribution in [3.8, 4) is 5.69 Å². The predicted octanol–water partition coefficient (Wildman–Crippen LogP) is 3.10. The normalized spacial score (nSPS) is 10.9. The molecule has 1 aromatic heterocycles. The van der Waals surface area contributed by atoms with Gasteiger partial charge in [-0.05, 0) is 51.1 Å². The average Bonchev–Trinajstić information content (AvgIpc) is 2.82. The first-order valence-corrected chi connectivity index (χ1v) is 8.50. The van der Waals surface area contributed by atoms with Gasteiger partial charge in [0.15, 0.2) is 0 Å². The number of halogens is 1. The smallest absolute Gasteiger partial charge is 0.222 e. The topological polar surface area (TPSA) is 50.2 Å². The van der Waals surface area contributed by atoms with E-state index in [0.29, 0.717) is 6.42 Å². The van der Waals surface area contributed by atoms with Gasteiger partial charge in [0.2, 0.25) is 5.91 Å². The molecule has 0 saturated carbocycles. The molecule has 0 spiro atoms. The Morgan fingerprint density at radius 3 is 2.54 bits per heavy atom. The molecule has 0 radical (unpaired) electrons. The van der Waals surface area contributed by atoms with Crippen LogP contribution in [0.4, 0.5) is 0 Å². The van der Waals surface area contributed by atoms with Gasteiger partial charge >= 0.3 is 0 Å². The van der Waals surface area contributed by atoms with E-state index in [1.54, 1.807) is 19.0 Å². The van der Waals surface area contributed by atoms with Gasteiger partial charge in [0.25, 0.3) is 0 Å². The summed E-state index contributed by atoms with van der Waals surface area (Å²) in [5, 5.41) is 8.76. The second kappa shape index (κ2) is 8.31. The number of aryl methyl sites for hydroxylation is 1. The van der Waals surface area contributed by atoms with E-state index in [2.05, 4.69) is 17.3 Å². The van der Waals surface area contributed by atoms with Gasteiger partial charge in [0.1, 0.15) is 0 Å². The van der Waals surface area contributed by atoms with Crippen LogP contribution in [0.1, 0.15) is 29.8 Å². The molecular formula is C18H25ClN4O. The molecule has 130 valence electrons. The minimum absolute atomic E-state index is 0.166. The van der Waals surface area contributed by atoms with Crippen molar-refractivity contribution >= 4 is 17.5 Å². The van der Waals surface area contributed by atoms with Crippen LogP contribution in [0, 0.1) is 13.8 Å². The number of nitrogens with one attached hydrogen (secondary N) is 1. The van der Waals surface area contributed by atoms with Crippen LogP contribution in [-0.2, 0) is 11.3 Å². The van der Waals surface area contributed by atoms with Crippen molar-refractivity contribution < 1.29 is 4.79 Å². The Bertz CT molecular complexity index is 692. The molecule has 0 aliphatic rings. The molecule has 0 aliphatic heterocycles. The van der Waals surface area contributed by atoms with E-state index < -0.39 is 0 Å².